The lowest BCUT2D eigenvalue weighted by Gasteiger charge is -2.12. The largest absolute Gasteiger partial charge is 0.309 e. The summed E-state index contributed by atoms with van der Waals surface area (Å²) in [6.45, 7) is 0. The van der Waals surface area contributed by atoms with E-state index in [1.807, 2.05) is 60.7 Å². The smallest absolute Gasteiger partial charge is 0.164 e. The van der Waals surface area contributed by atoms with E-state index in [9.17, 15) is 0 Å². The van der Waals surface area contributed by atoms with E-state index in [-0.39, 0.29) is 0 Å². The monoisotopic (exact) mass is 740 g/mol. The quantitative estimate of drug-likeness (QED) is 0.165. The Hall–Kier alpha value is -7.96. The van der Waals surface area contributed by atoms with Gasteiger partial charge in [-0.25, -0.2) is 19.9 Å². The fraction of sp³-hybridized carbons (Fsp3) is 0. The van der Waals surface area contributed by atoms with Gasteiger partial charge in [-0.2, -0.15) is 0 Å². The molecule has 0 bridgehead atoms. The van der Waals surface area contributed by atoms with Crippen LogP contribution in [0.15, 0.2) is 194 Å². The van der Waals surface area contributed by atoms with Crippen molar-refractivity contribution in [3.63, 3.8) is 0 Å². The Kier molecular flexibility index (Phi) is 7.13. The predicted octanol–water partition coefficient (Wildman–Crippen LogP) is 12.7. The van der Waals surface area contributed by atoms with Gasteiger partial charge in [0, 0.05) is 43.9 Å². The summed E-state index contributed by atoms with van der Waals surface area (Å²) < 4.78 is 4.71. The lowest BCUT2D eigenvalue weighted by Crippen LogP contribution is -2.00. The summed E-state index contributed by atoms with van der Waals surface area (Å²) in [5, 5.41) is 5.94. The molecule has 12 aromatic rings. The minimum atomic E-state index is 0.636. The van der Waals surface area contributed by atoms with Gasteiger partial charge in [-0.05, 0) is 71.1 Å². The number of rotatable bonds is 5. The van der Waals surface area contributed by atoms with Crippen LogP contribution < -0.4 is 0 Å². The van der Waals surface area contributed by atoms with E-state index in [1.165, 1.54) is 21.5 Å². The van der Waals surface area contributed by atoms with Crippen molar-refractivity contribution < 1.29 is 0 Å². The number of para-hydroxylation sites is 4. The molecule has 0 aliphatic heterocycles. The van der Waals surface area contributed by atoms with Crippen molar-refractivity contribution in [3.8, 4) is 51.0 Å². The van der Waals surface area contributed by atoms with Gasteiger partial charge in [0.25, 0.3) is 0 Å². The van der Waals surface area contributed by atoms with Crippen molar-refractivity contribution in [2.75, 3.05) is 0 Å². The molecular weight excluding hydrogens is 709 g/mol. The van der Waals surface area contributed by atoms with Gasteiger partial charge in [0.05, 0.1) is 27.6 Å². The number of hydrogen-bond donors (Lipinski definition) is 0. The zero-order chi connectivity index (χ0) is 38.2. The predicted molar refractivity (Wildman–Crippen MR) is 237 cm³/mol. The van der Waals surface area contributed by atoms with Gasteiger partial charge in [-0.15, -0.1) is 0 Å². The Morgan fingerprint density at radius 2 is 0.845 bits per heavy atom. The van der Waals surface area contributed by atoms with Crippen molar-refractivity contribution in [3.05, 3.63) is 194 Å². The topological polar surface area (TPSA) is 60.9 Å². The molecule has 0 aliphatic carbocycles. The third kappa shape index (κ3) is 5.05. The Labute approximate surface area is 333 Å². The second-order valence-corrected chi connectivity index (χ2v) is 14.7. The minimum absolute atomic E-state index is 0.636. The third-order valence-corrected chi connectivity index (χ3v) is 11.3. The highest BCUT2D eigenvalue weighted by atomic mass is 15.0. The van der Waals surface area contributed by atoms with Crippen molar-refractivity contribution >= 4 is 60.2 Å². The first-order valence-electron chi connectivity index (χ1n) is 19.5. The maximum Gasteiger partial charge on any atom is 0.164 e. The van der Waals surface area contributed by atoms with Gasteiger partial charge in [-0.3, -0.25) is 4.40 Å². The van der Waals surface area contributed by atoms with Crippen molar-refractivity contribution in [1.29, 1.82) is 0 Å². The van der Waals surface area contributed by atoms with Crippen LogP contribution >= 0.6 is 0 Å². The molecule has 58 heavy (non-hydrogen) atoms. The highest BCUT2D eigenvalue weighted by Crippen LogP contribution is 2.40. The first-order chi connectivity index (χ1) is 28.7. The fourth-order valence-corrected chi connectivity index (χ4v) is 8.63. The molecule has 0 spiro atoms. The maximum absolute atomic E-state index is 5.19. The molecule has 6 nitrogen and oxygen atoms in total. The average molecular weight is 741 g/mol. The van der Waals surface area contributed by atoms with Crippen LogP contribution in [-0.4, -0.2) is 28.9 Å². The minimum Gasteiger partial charge on any atom is -0.309 e. The van der Waals surface area contributed by atoms with Crippen molar-refractivity contribution in [2.24, 2.45) is 0 Å². The van der Waals surface area contributed by atoms with Crippen LogP contribution in [0.4, 0.5) is 0 Å². The molecule has 0 unspecified atom stereocenters. The van der Waals surface area contributed by atoms with E-state index in [1.54, 1.807) is 0 Å². The van der Waals surface area contributed by atoms with E-state index in [0.717, 1.165) is 72.1 Å². The van der Waals surface area contributed by atoms with Crippen molar-refractivity contribution in [1.82, 2.24) is 28.9 Å². The lowest BCUT2D eigenvalue weighted by molar-refractivity contribution is 1.07. The number of imidazole rings is 1. The molecule has 0 fully saturated rings. The summed E-state index contributed by atoms with van der Waals surface area (Å²) in [5.74, 6) is 1.93. The zero-order valence-electron chi connectivity index (χ0n) is 31.2. The highest BCUT2D eigenvalue weighted by molar-refractivity contribution is 6.21. The molecule has 8 aromatic carbocycles. The molecule has 0 radical (unpaired) electrons. The molecule has 270 valence electrons. The van der Waals surface area contributed by atoms with Gasteiger partial charge in [0.15, 0.2) is 17.5 Å². The number of benzene rings is 8. The number of fused-ring (bicyclic) bond motifs is 11. The molecule has 0 aliphatic rings. The van der Waals surface area contributed by atoms with Crippen LogP contribution in [0.1, 0.15) is 0 Å². The number of aromatic nitrogens is 6. The van der Waals surface area contributed by atoms with Gasteiger partial charge in [0.2, 0.25) is 0 Å². The Balaban J connectivity index is 0.993. The summed E-state index contributed by atoms with van der Waals surface area (Å²) in [6.07, 6.45) is 0. The average Bonchev–Trinajstić information content (AvgIpc) is 3.85. The van der Waals surface area contributed by atoms with Gasteiger partial charge >= 0.3 is 0 Å². The fourth-order valence-electron chi connectivity index (χ4n) is 8.63. The molecule has 0 saturated carbocycles. The first kappa shape index (κ1) is 32.3. The second-order valence-electron chi connectivity index (χ2n) is 14.7. The van der Waals surface area contributed by atoms with E-state index in [0.29, 0.717) is 17.5 Å². The van der Waals surface area contributed by atoms with E-state index in [2.05, 4.69) is 142 Å². The Morgan fingerprint density at radius 1 is 0.293 bits per heavy atom. The van der Waals surface area contributed by atoms with Crippen LogP contribution in [0.25, 0.3) is 111 Å². The van der Waals surface area contributed by atoms with Crippen molar-refractivity contribution in [2.45, 2.75) is 0 Å². The number of hydrogen-bond acceptors (Lipinski definition) is 4. The molecule has 0 saturated heterocycles. The SMILES string of the molecule is c1ccc(-c2nc(-c3ccccc3)nc(-c3cccc(-c4ccc(-n5c6ccccc6c6cc7c(cc65)c5ccccc5n5c6ccccc6nc75)cc4)c3)n2)cc1. The molecule has 12 rings (SSSR count). The van der Waals surface area contributed by atoms with Gasteiger partial charge in [-0.1, -0.05) is 140 Å². The van der Waals surface area contributed by atoms with Crippen LogP contribution in [0.3, 0.4) is 0 Å². The van der Waals surface area contributed by atoms with Crippen LogP contribution in [0.2, 0.25) is 0 Å². The summed E-state index contributed by atoms with van der Waals surface area (Å²) in [5.41, 5.74) is 12.7. The molecule has 4 heterocycles. The van der Waals surface area contributed by atoms with Crippen LogP contribution in [-0.2, 0) is 0 Å². The van der Waals surface area contributed by atoms with Crippen LogP contribution in [0, 0.1) is 0 Å². The van der Waals surface area contributed by atoms with Crippen LogP contribution in [0.5, 0.6) is 0 Å². The summed E-state index contributed by atoms with van der Waals surface area (Å²) in [6, 6.07) is 68.0. The number of pyridine rings is 1. The van der Waals surface area contributed by atoms with E-state index < -0.39 is 0 Å². The summed E-state index contributed by atoms with van der Waals surface area (Å²) in [7, 11) is 0. The molecule has 0 amide bonds. The zero-order valence-corrected chi connectivity index (χ0v) is 31.2. The third-order valence-electron chi connectivity index (χ3n) is 11.3. The lowest BCUT2D eigenvalue weighted by atomic mass is 10.0. The molecule has 6 heteroatoms. The molecule has 0 atom stereocenters. The number of nitrogens with zero attached hydrogens (tertiary/aromatic N) is 6. The first-order valence-corrected chi connectivity index (χ1v) is 19.5. The Bertz CT molecular complexity index is 3490. The van der Waals surface area contributed by atoms with E-state index >= 15 is 0 Å². The highest BCUT2D eigenvalue weighted by Gasteiger charge is 2.19. The normalized spacial score (nSPS) is 11.8. The summed E-state index contributed by atoms with van der Waals surface area (Å²) in [4.78, 5) is 20.0. The van der Waals surface area contributed by atoms with E-state index in [4.69, 9.17) is 19.9 Å². The standard InChI is InChI=1S/C52H32N6/c1-3-14-34(15-4-1)49-54-50(35-16-5-2-6-17-35)56-51(55-49)37-19-13-18-36(30-37)33-26-28-38(29-27-33)57-45-23-10-8-21-40(45)42-31-43-41(32-48(42)57)39-20-7-11-24-46(39)58-47-25-12-9-22-44(47)53-52(43)58/h1-32H. The molecular formula is C52H32N6. The molecule has 0 N–H and O–H groups in total. The second kappa shape index (κ2) is 12.8. The molecule has 4 aromatic heterocycles. The summed E-state index contributed by atoms with van der Waals surface area (Å²) >= 11 is 0. The van der Waals surface area contributed by atoms with Gasteiger partial charge < -0.3 is 4.57 Å². The maximum atomic E-state index is 5.19. The van der Waals surface area contributed by atoms with Gasteiger partial charge in [0.1, 0.15) is 5.65 Å². The Morgan fingerprint density at radius 3 is 1.55 bits per heavy atom.